The summed E-state index contributed by atoms with van der Waals surface area (Å²) in [6.45, 7) is 3.52. The molecule has 2 aromatic rings. The molecule has 0 bridgehead atoms. The normalized spacial score (nSPS) is 11.7. The number of rotatable bonds is 4. The first-order chi connectivity index (χ1) is 9.58. The van der Waals surface area contributed by atoms with Gasteiger partial charge in [-0.15, -0.1) is 0 Å². The molecule has 0 aliphatic heterocycles. The summed E-state index contributed by atoms with van der Waals surface area (Å²) < 4.78 is 4.97. The maximum atomic E-state index is 12.0. The highest BCUT2D eigenvalue weighted by Gasteiger charge is 2.18. The minimum Gasteiger partial charge on any atom is -0.459 e. The molecule has 0 radical (unpaired) electrons. The van der Waals surface area contributed by atoms with Crippen LogP contribution in [0.5, 0.6) is 0 Å². The molecular formula is C15H16N2O3. The summed E-state index contributed by atoms with van der Waals surface area (Å²) in [6.07, 6.45) is 1.41. The van der Waals surface area contributed by atoms with E-state index in [9.17, 15) is 9.59 Å². The summed E-state index contributed by atoms with van der Waals surface area (Å²) in [5.74, 6) is -0.512. The maximum absolute atomic E-state index is 12.0. The smallest absolute Gasteiger partial charge is 0.287 e. The Morgan fingerprint density at radius 2 is 1.90 bits per heavy atom. The maximum Gasteiger partial charge on any atom is 0.287 e. The van der Waals surface area contributed by atoms with E-state index in [-0.39, 0.29) is 11.7 Å². The van der Waals surface area contributed by atoms with E-state index in [0.717, 1.165) is 11.3 Å². The van der Waals surface area contributed by atoms with Crippen LogP contribution in [0.4, 0.5) is 5.69 Å². The molecule has 0 fully saturated rings. The van der Waals surface area contributed by atoms with E-state index in [1.807, 2.05) is 31.2 Å². The number of benzene rings is 1. The second-order valence-electron chi connectivity index (χ2n) is 4.48. The topological polar surface area (TPSA) is 71.3 Å². The lowest BCUT2D eigenvalue weighted by molar-refractivity contribution is -0.117. The highest BCUT2D eigenvalue weighted by Crippen LogP contribution is 2.13. The minimum absolute atomic E-state index is 0.181. The summed E-state index contributed by atoms with van der Waals surface area (Å²) >= 11 is 0. The lowest BCUT2D eigenvalue weighted by Gasteiger charge is -2.14. The van der Waals surface area contributed by atoms with Crippen molar-refractivity contribution >= 4 is 17.5 Å². The lowest BCUT2D eigenvalue weighted by Crippen LogP contribution is -2.41. The van der Waals surface area contributed by atoms with Crippen molar-refractivity contribution in [1.29, 1.82) is 0 Å². The molecular weight excluding hydrogens is 256 g/mol. The zero-order valence-electron chi connectivity index (χ0n) is 11.3. The van der Waals surface area contributed by atoms with Gasteiger partial charge in [0.05, 0.1) is 6.26 Å². The molecule has 2 rings (SSSR count). The van der Waals surface area contributed by atoms with Crippen LogP contribution < -0.4 is 10.6 Å². The Bertz CT molecular complexity index is 605. The van der Waals surface area contributed by atoms with Crippen LogP contribution in [0.2, 0.25) is 0 Å². The van der Waals surface area contributed by atoms with E-state index in [0.29, 0.717) is 0 Å². The fraction of sp³-hybridized carbons (Fsp3) is 0.200. The molecule has 1 unspecified atom stereocenters. The van der Waals surface area contributed by atoms with Crippen LogP contribution in [-0.2, 0) is 4.79 Å². The molecule has 5 heteroatoms. The molecule has 0 spiro atoms. The molecule has 1 aromatic heterocycles. The van der Waals surface area contributed by atoms with Crippen LogP contribution in [0.15, 0.2) is 47.1 Å². The van der Waals surface area contributed by atoms with Crippen molar-refractivity contribution in [3.63, 3.8) is 0 Å². The Kier molecular flexibility index (Phi) is 4.20. The van der Waals surface area contributed by atoms with Crippen LogP contribution >= 0.6 is 0 Å². The minimum atomic E-state index is -0.660. The molecule has 1 heterocycles. The van der Waals surface area contributed by atoms with Crippen molar-refractivity contribution in [3.8, 4) is 0 Å². The molecule has 0 aliphatic rings. The first-order valence-corrected chi connectivity index (χ1v) is 6.29. The van der Waals surface area contributed by atoms with Gasteiger partial charge in [0.1, 0.15) is 6.04 Å². The van der Waals surface area contributed by atoms with E-state index in [2.05, 4.69) is 10.6 Å². The van der Waals surface area contributed by atoms with Gasteiger partial charge in [-0.3, -0.25) is 9.59 Å². The molecule has 1 atom stereocenters. The first kappa shape index (κ1) is 13.9. The molecule has 104 valence electrons. The van der Waals surface area contributed by atoms with Gasteiger partial charge in [-0.05, 0) is 37.6 Å². The largest absolute Gasteiger partial charge is 0.459 e. The summed E-state index contributed by atoms with van der Waals surface area (Å²) in [6, 6.07) is 9.96. The van der Waals surface area contributed by atoms with Gasteiger partial charge >= 0.3 is 0 Å². The van der Waals surface area contributed by atoms with Crippen LogP contribution in [0.25, 0.3) is 0 Å². The zero-order chi connectivity index (χ0) is 14.5. The van der Waals surface area contributed by atoms with Gasteiger partial charge in [0, 0.05) is 5.69 Å². The average Bonchev–Trinajstić information content (AvgIpc) is 2.95. The molecule has 2 N–H and O–H groups in total. The van der Waals surface area contributed by atoms with Crippen molar-refractivity contribution in [3.05, 3.63) is 54.0 Å². The van der Waals surface area contributed by atoms with Crippen molar-refractivity contribution < 1.29 is 14.0 Å². The highest BCUT2D eigenvalue weighted by atomic mass is 16.3. The Labute approximate surface area is 117 Å². The van der Waals surface area contributed by atoms with Gasteiger partial charge in [-0.25, -0.2) is 0 Å². The zero-order valence-corrected chi connectivity index (χ0v) is 11.3. The monoisotopic (exact) mass is 272 g/mol. The highest BCUT2D eigenvalue weighted by molar-refractivity contribution is 6.00. The molecule has 0 saturated carbocycles. The molecule has 0 saturated heterocycles. The lowest BCUT2D eigenvalue weighted by atomic mass is 10.2. The van der Waals surface area contributed by atoms with Crippen LogP contribution in [0, 0.1) is 6.92 Å². The molecule has 1 aromatic carbocycles. The molecule has 20 heavy (non-hydrogen) atoms. The Morgan fingerprint density at radius 1 is 1.15 bits per heavy atom. The van der Waals surface area contributed by atoms with Gasteiger partial charge < -0.3 is 15.1 Å². The van der Waals surface area contributed by atoms with E-state index < -0.39 is 11.9 Å². The van der Waals surface area contributed by atoms with E-state index in [1.54, 1.807) is 19.1 Å². The number of carbonyl (C=O) groups is 2. The summed E-state index contributed by atoms with van der Waals surface area (Å²) in [7, 11) is 0. The van der Waals surface area contributed by atoms with Crippen LogP contribution in [0.3, 0.4) is 0 Å². The van der Waals surface area contributed by atoms with Crippen molar-refractivity contribution in [2.75, 3.05) is 5.32 Å². The predicted octanol–water partition coefficient (Wildman–Crippen LogP) is 2.35. The van der Waals surface area contributed by atoms with E-state index in [4.69, 9.17) is 4.42 Å². The SMILES string of the molecule is Cc1ccccc1NC(=O)C(C)NC(=O)c1ccco1. The fourth-order valence-electron chi connectivity index (χ4n) is 1.70. The number of anilines is 1. The number of hydrogen-bond donors (Lipinski definition) is 2. The fourth-order valence-corrected chi connectivity index (χ4v) is 1.70. The number of nitrogens with one attached hydrogen (secondary N) is 2. The number of para-hydroxylation sites is 1. The predicted molar refractivity (Wildman–Crippen MR) is 75.4 cm³/mol. The Balaban J connectivity index is 1.96. The van der Waals surface area contributed by atoms with Crippen molar-refractivity contribution in [2.45, 2.75) is 19.9 Å². The number of furan rings is 1. The summed E-state index contributed by atoms with van der Waals surface area (Å²) in [5, 5.41) is 5.35. The second kappa shape index (κ2) is 6.06. The molecule has 2 amide bonds. The van der Waals surface area contributed by atoms with Crippen LogP contribution in [0.1, 0.15) is 23.0 Å². The van der Waals surface area contributed by atoms with Gasteiger partial charge in [0.15, 0.2) is 5.76 Å². The van der Waals surface area contributed by atoms with Gasteiger partial charge in [-0.2, -0.15) is 0 Å². The third-order valence-corrected chi connectivity index (χ3v) is 2.89. The summed E-state index contributed by atoms with van der Waals surface area (Å²) in [4.78, 5) is 23.8. The van der Waals surface area contributed by atoms with Gasteiger partial charge in [-0.1, -0.05) is 18.2 Å². The number of amides is 2. The Morgan fingerprint density at radius 3 is 2.55 bits per heavy atom. The van der Waals surface area contributed by atoms with Crippen molar-refractivity contribution in [1.82, 2.24) is 5.32 Å². The standard InChI is InChI=1S/C15H16N2O3/c1-10-6-3-4-7-12(10)17-14(18)11(2)16-15(19)13-8-5-9-20-13/h3-9,11H,1-2H3,(H,16,19)(H,17,18). The quantitative estimate of drug-likeness (QED) is 0.897. The van der Waals surface area contributed by atoms with Gasteiger partial charge in [0.2, 0.25) is 5.91 Å². The second-order valence-corrected chi connectivity index (χ2v) is 4.48. The van der Waals surface area contributed by atoms with Crippen LogP contribution in [-0.4, -0.2) is 17.9 Å². The first-order valence-electron chi connectivity index (χ1n) is 6.29. The summed E-state index contributed by atoms with van der Waals surface area (Å²) in [5.41, 5.74) is 1.70. The molecule has 0 aliphatic carbocycles. The van der Waals surface area contributed by atoms with E-state index >= 15 is 0 Å². The third-order valence-electron chi connectivity index (χ3n) is 2.89. The third kappa shape index (κ3) is 3.26. The van der Waals surface area contributed by atoms with Crippen molar-refractivity contribution in [2.24, 2.45) is 0 Å². The number of aryl methyl sites for hydroxylation is 1. The Hall–Kier alpha value is -2.56. The average molecular weight is 272 g/mol. The van der Waals surface area contributed by atoms with E-state index in [1.165, 1.54) is 6.26 Å². The molecule has 5 nitrogen and oxygen atoms in total. The number of carbonyl (C=O) groups excluding carboxylic acids is 2. The number of hydrogen-bond acceptors (Lipinski definition) is 3. The van der Waals surface area contributed by atoms with Gasteiger partial charge in [0.25, 0.3) is 5.91 Å².